The van der Waals surface area contributed by atoms with Crippen molar-refractivity contribution in [1.82, 2.24) is 0 Å². The van der Waals surface area contributed by atoms with Crippen LogP contribution in [-0.4, -0.2) is 0 Å². The molecule has 0 heterocycles. The van der Waals surface area contributed by atoms with Gasteiger partial charge in [-0.3, -0.25) is 0 Å². The van der Waals surface area contributed by atoms with Gasteiger partial charge in [-0.05, 0) is 78.4 Å². The second-order valence-electron chi connectivity index (χ2n) is 11.3. The van der Waals surface area contributed by atoms with Gasteiger partial charge in [0.2, 0.25) is 0 Å². The summed E-state index contributed by atoms with van der Waals surface area (Å²) < 4.78 is 0. The first kappa shape index (κ1) is 28.0. The Balaban J connectivity index is 0.00000235. The van der Waals surface area contributed by atoms with Gasteiger partial charge in [0.05, 0.1) is 0 Å². The van der Waals surface area contributed by atoms with Gasteiger partial charge < -0.3 is 0 Å². The monoisotopic (exact) mass is 394 g/mol. The zero-order valence-electron chi connectivity index (χ0n) is 20.8. The van der Waals surface area contributed by atoms with E-state index in [4.69, 9.17) is 0 Å². The van der Waals surface area contributed by atoms with Gasteiger partial charge in [-0.15, -0.1) is 0 Å². The molecule has 170 valence electrons. The zero-order valence-corrected chi connectivity index (χ0v) is 20.8. The summed E-state index contributed by atoms with van der Waals surface area (Å²) >= 11 is 0. The average molecular weight is 395 g/mol. The Labute approximate surface area is 181 Å². The predicted octanol–water partition coefficient (Wildman–Crippen LogP) is 10.0. The summed E-state index contributed by atoms with van der Waals surface area (Å²) in [5.41, 5.74) is 1.09. The largest absolute Gasteiger partial charge is 0.0776 e. The summed E-state index contributed by atoms with van der Waals surface area (Å²) in [4.78, 5) is 0. The van der Waals surface area contributed by atoms with Crippen molar-refractivity contribution >= 4 is 0 Å². The molecular formula is C28H58. The lowest BCUT2D eigenvalue weighted by molar-refractivity contribution is -0.0312. The second-order valence-corrected chi connectivity index (χ2v) is 11.3. The summed E-state index contributed by atoms with van der Waals surface area (Å²) in [7, 11) is 0. The van der Waals surface area contributed by atoms with Crippen LogP contribution in [0.15, 0.2) is 0 Å². The van der Waals surface area contributed by atoms with E-state index in [0.29, 0.717) is 10.8 Å². The molecule has 0 heteroatoms. The lowest BCUT2D eigenvalue weighted by atomic mass is 9.53. The maximum absolute atomic E-state index is 2.63. The fourth-order valence-corrected chi connectivity index (χ4v) is 6.87. The van der Waals surface area contributed by atoms with Crippen molar-refractivity contribution in [3.05, 3.63) is 0 Å². The molecule has 5 atom stereocenters. The molecule has 5 unspecified atom stereocenters. The van der Waals surface area contributed by atoms with E-state index in [1.54, 1.807) is 0 Å². The summed E-state index contributed by atoms with van der Waals surface area (Å²) in [5.74, 6) is 5.61. The molecule has 0 aromatic heterocycles. The maximum atomic E-state index is 2.63. The van der Waals surface area contributed by atoms with Crippen LogP contribution < -0.4 is 0 Å². The third-order valence-electron chi connectivity index (χ3n) is 9.14. The van der Waals surface area contributed by atoms with Gasteiger partial charge in [0.15, 0.2) is 0 Å². The van der Waals surface area contributed by atoms with Crippen LogP contribution in [-0.2, 0) is 0 Å². The van der Waals surface area contributed by atoms with Gasteiger partial charge in [0, 0.05) is 0 Å². The van der Waals surface area contributed by atoms with E-state index in [0.717, 1.165) is 35.5 Å². The van der Waals surface area contributed by atoms with Crippen LogP contribution in [0.25, 0.3) is 0 Å². The molecular weight excluding hydrogens is 336 g/mol. The van der Waals surface area contributed by atoms with Crippen LogP contribution in [0.3, 0.4) is 0 Å². The van der Waals surface area contributed by atoms with E-state index in [9.17, 15) is 0 Å². The molecule has 28 heavy (non-hydrogen) atoms. The van der Waals surface area contributed by atoms with E-state index in [2.05, 4.69) is 55.4 Å². The Morgan fingerprint density at radius 1 is 0.821 bits per heavy atom. The Bertz CT molecular complexity index is 402. The van der Waals surface area contributed by atoms with Gasteiger partial charge in [-0.25, -0.2) is 0 Å². The molecule has 2 aliphatic rings. The molecule has 0 radical (unpaired) electrons. The molecule has 0 aromatic carbocycles. The van der Waals surface area contributed by atoms with Crippen molar-refractivity contribution in [1.29, 1.82) is 0 Å². The van der Waals surface area contributed by atoms with Crippen molar-refractivity contribution in [2.45, 2.75) is 134 Å². The molecule has 0 saturated heterocycles. The van der Waals surface area contributed by atoms with E-state index in [1.807, 2.05) is 13.8 Å². The first-order valence-corrected chi connectivity index (χ1v) is 12.6. The van der Waals surface area contributed by atoms with Crippen molar-refractivity contribution in [2.75, 3.05) is 0 Å². The highest BCUT2D eigenvalue weighted by Crippen LogP contribution is 2.59. The molecule has 2 aliphatic carbocycles. The highest BCUT2D eigenvalue weighted by Gasteiger charge is 2.51. The maximum Gasteiger partial charge on any atom is -0.0295 e. The highest BCUT2D eigenvalue weighted by molar-refractivity contribution is 5.00. The molecule has 0 aromatic rings. The van der Waals surface area contributed by atoms with Gasteiger partial charge in [0.1, 0.15) is 0 Å². The molecule has 2 rings (SSSR count). The normalized spacial score (nSPS) is 33.8. The first-order valence-electron chi connectivity index (χ1n) is 12.6. The lowest BCUT2D eigenvalue weighted by Crippen LogP contribution is -2.45. The average Bonchev–Trinajstić information content (AvgIpc) is 2.90. The van der Waals surface area contributed by atoms with Crippen LogP contribution >= 0.6 is 0 Å². The first-order chi connectivity index (χ1) is 12.6. The molecule has 2 fully saturated rings. The van der Waals surface area contributed by atoms with Crippen LogP contribution in [0.4, 0.5) is 0 Å². The number of hydrogen-bond acceptors (Lipinski definition) is 0. The molecule has 0 N–H and O–H groups in total. The minimum Gasteiger partial charge on any atom is -0.0776 e. The second kappa shape index (κ2) is 12.0. The summed E-state index contributed by atoms with van der Waals surface area (Å²) in [5, 5.41) is 0. The van der Waals surface area contributed by atoms with E-state index in [-0.39, 0.29) is 7.43 Å². The number of rotatable bonds is 7. The van der Waals surface area contributed by atoms with Gasteiger partial charge in [-0.2, -0.15) is 0 Å². The van der Waals surface area contributed by atoms with Crippen LogP contribution in [0.2, 0.25) is 0 Å². The fraction of sp³-hybridized carbons (Fsp3) is 1.00. The number of unbranched alkanes of at least 4 members (excludes halogenated alkanes) is 1. The van der Waals surface area contributed by atoms with Crippen molar-refractivity contribution in [3.63, 3.8) is 0 Å². The number of hydrogen-bond donors (Lipinski definition) is 0. The summed E-state index contributed by atoms with van der Waals surface area (Å²) in [6.07, 6.45) is 13.2. The molecule has 0 aliphatic heterocycles. The SMILES string of the molecule is C.CC.CCC1CCC(C2CCC(CCCCC(C)C)C2(C)C)C(C)C1(C)C. The topological polar surface area (TPSA) is 0 Å². The highest BCUT2D eigenvalue weighted by atomic mass is 14.6. The van der Waals surface area contributed by atoms with Crippen LogP contribution in [0, 0.1) is 46.3 Å². The Kier molecular flexibility index (Phi) is 12.0. The van der Waals surface area contributed by atoms with E-state index in [1.165, 1.54) is 57.8 Å². The Morgan fingerprint density at radius 3 is 1.93 bits per heavy atom. The molecule has 2 saturated carbocycles. The lowest BCUT2D eigenvalue weighted by Gasteiger charge is -2.52. The van der Waals surface area contributed by atoms with E-state index >= 15 is 0 Å². The molecule has 0 nitrogen and oxygen atoms in total. The summed E-state index contributed by atoms with van der Waals surface area (Å²) in [6.45, 7) is 24.1. The van der Waals surface area contributed by atoms with Crippen molar-refractivity contribution in [2.24, 2.45) is 46.3 Å². The standard InChI is InChI=1S/C25H48.C2H6.CH4/c1-9-20-14-16-22(19(4)24(20,5)6)23-17-15-21(25(23,7)8)13-11-10-12-18(2)3;1-2;/h18-23H,9-17H2,1-8H3;1-2H3;1H4. The third kappa shape index (κ3) is 6.25. The summed E-state index contributed by atoms with van der Waals surface area (Å²) in [6, 6.07) is 0. The van der Waals surface area contributed by atoms with Crippen molar-refractivity contribution in [3.8, 4) is 0 Å². The van der Waals surface area contributed by atoms with E-state index < -0.39 is 0 Å². The molecule has 0 bridgehead atoms. The molecule has 0 spiro atoms. The minimum atomic E-state index is 0. The van der Waals surface area contributed by atoms with Crippen LogP contribution in [0.1, 0.15) is 134 Å². The minimum absolute atomic E-state index is 0. The Hall–Kier alpha value is 0. The zero-order chi connectivity index (χ0) is 20.8. The third-order valence-corrected chi connectivity index (χ3v) is 9.14. The quantitative estimate of drug-likeness (QED) is 0.377. The predicted molar refractivity (Wildman–Crippen MR) is 131 cm³/mol. The smallest absolute Gasteiger partial charge is 0.0295 e. The van der Waals surface area contributed by atoms with Crippen molar-refractivity contribution < 1.29 is 0 Å². The Morgan fingerprint density at radius 2 is 1.39 bits per heavy atom. The van der Waals surface area contributed by atoms with Gasteiger partial charge in [0.25, 0.3) is 0 Å². The van der Waals surface area contributed by atoms with Gasteiger partial charge >= 0.3 is 0 Å². The van der Waals surface area contributed by atoms with Gasteiger partial charge in [-0.1, -0.05) is 102 Å². The molecule has 0 amide bonds. The fourth-order valence-electron chi connectivity index (χ4n) is 6.87. The van der Waals surface area contributed by atoms with Crippen LogP contribution in [0.5, 0.6) is 0 Å².